The van der Waals surface area contributed by atoms with Crippen molar-refractivity contribution in [2.24, 2.45) is 0 Å². The van der Waals surface area contributed by atoms with Crippen molar-refractivity contribution in [3.8, 4) is 22.9 Å². The third-order valence-electron chi connectivity index (χ3n) is 6.94. The first-order chi connectivity index (χ1) is 16.6. The number of nitrogens with zero attached hydrogens (tertiary/aromatic N) is 3. The van der Waals surface area contributed by atoms with Crippen LogP contribution in [-0.2, 0) is 11.3 Å². The number of aromatic amines is 1. The van der Waals surface area contributed by atoms with Gasteiger partial charge in [0.15, 0.2) is 0 Å². The molecule has 2 aliphatic heterocycles. The first-order valence-corrected chi connectivity index (χ1v) is 11.8. The SMILES string of the molecule is CC(=O)NC1C[C@H]2CC[C@@H](C1)N2Cc1cc2ccc(Oc3ccc(-c4ccn[nH]4)cn3)cc2o1. The van der Waals surface area contributed by atoms with Crippen LogP contribution in [0.2, 0.25) is 0 Å². The molecule has 5 heterocycles. The Labute approximate surface area is 197 Å². The second kappa shape index (κ2) is 8.61. The number of hydrogen-bond donors (Lipinski definition) is 2. The number of pyridine rings is 1. The van der Waals surface area contributed by atoms with Crippen LogP contribution < -0.4 is 10.1 Å². The van der Waals surface area contributed by atoms with Crippen LogP contribution in [0.4, 0.5) is 0 Å². The monoisotopic (exact) mass is 457 g/mol. The van der Waals surface area contributed by atoms with E-state index in [1.807, 2.05) is 36.4 Å². The van der Waals surface area contributed by atoms with E-state index >= 15 is 0 Å². The van der Waals surface area contributed by atoms with Crippen molar-refractivity contribution in [1.82, 2.24) is 25.4 Å². The Kier molecular flexibility index (Phi) is 5.30. The Hall–Kier alpha value is -3.65. The highest BCUT2D eigenvalue weighted by Gasteiger charge is 2.41. The average Bonchev–Trinajstić information content (AvgIpc) is 3.53. The Morgan fingerprint density at radius 1 is 1.18 bits per heavy atom. The molecule has 2 fully saturated rings. The number of H-pyrrole nitrogens is 1. The van der Waals surface area contributed by atoms with Crippen LogP contribution in [-0.4, -0.2) is 44.1 Å². The van der Waals surface area contributed by atoms with Gasteiger partial charge in [0.25, 0.3) is 0 Å². The van der Waals surface area contributed by atoms with Gasteiger partial charge in [-0.15, -0.1) is 0 Å². The van der Waals surface area contributed by atoms with E-state index in [1.54, 1.807) is 19.3 Å². The van der Waals surface area contributed by atoms with E-state index < -0.39 is 0 Å². The number of nitrogens with one attached hydrogen (secondary N) is 2. The van der Waals surface area contributed by atoms with Gasteiger partial charge < -0.3 is 14.5 Å². The molecule has 4 aromatic rings. The fraction of sp³-hybridized carbons (Fsp3) is 0.346. The third kappa shape index (κ3) is 4.17. The van der Waals surface area contributed by atoms with Crippen molar-refractivity contribution in [1.29, 1.82) is 0 Å². The van der Waals surface area contributed by atoms with Gasteiger partial charge in [0.2, 0.25) is 11.8 Å². The molecule has 0 spiro atoms. The molecular formula is C26H27N5O3. The van der Waals surface area contributed by atoms with Crippen LogP contribution >= 0.6 is 0 Å². The van der Waals surface area contributed by atoms with E-state index in [0.717, 1.165) is 47.4 Å². The van der Waals surface area contributed by atoms with Crippen LogP contribution in [0, 0.1) is 0 Å². The number of fused-ring (bicyclic) bond motifs is 3. The molecule has 0 aliphatic carbocycles. The Morgan fingerprint density at radius 2 is 2.03 bits per heavy atom. The number of ether oxygens (including phenoxy) is 1. The van der Waals surface area contributed by atoms with E-state index in [0.29, 0.717) is 29.8 Å². The standard InChI is InChI=1S/C26H27N5O3/c1-16(32)29-19-11-20-4-5-21(12-19)31(20)15-23-10-17-2-6-22(13-25(17)33-23)34-26-7-3-18(14-27-26)24-8-9-28-30-24/h2-3,6-10,13-14,19-21H,4-5,11-12,15H2,1H3,(H,28,30)(H,29,32)/t19?,20-,21+. The maximum atomic E-state index is 11.5. The second-order valence-electron chi connectivity index (χ2n) is 9.30. The minimum atomic E-state index is 0.0668. The lowest BCUT2D eigenvalue weighted by molar-refractivity contribution is -0.120. The summed E-state index contributed by atoms with van der Waals surface area (Å²) < 4.78 is 12.2. The van der Waals surface area contributed by atoms with E-state index in [-0.39, 0.29) is 5.91 Å². The van der Waals surface area contributed by atoms with Crippen LogP contribution in [0.25, 0.3) is 22.2 Å². The van der Waals surface area contributed by atoms with Crippen molar-refractivity contribution >= 4 is 16.9 Å². The molecular weight excluding hydrogens is 430 g/mol. The maximum Gasteiger partial charge on any atom is 0.219 e. The van der Waals surface area contributed by atoms with Crippen LogP contribution in [0.3, 0.4) is 0 Å². The van der Waals surface area contributed by atoms with Gasteiger partial charge in [-0.2, -0.15) is 5.10 Å². The zero-order chi connectivity index (χ0) is 23.1. The van der Waals surface area contributed by atoms with E-state index in [2.05, 4.69) is 31.5 Å². The molecule has 2 aliphatic rings. The minimum Gasteiger partial charge on any atom is -0.460 e. The molecule has 174 valence electrons. The molecule has 1 aromatic carbocycles. The lowest BCUT2D eigenvalue weighted by Crippen LogP contribution is -2.49. The van der Waals surface area contributed by atoms with E-state index in [1.165, 1.54) is 12.8 Å². The number of carbonyl (C=O) groups is 1. The van der Waals surface area contributed by atoms with Gasteiger partial charge in [-0.05, 0) is 56.0 Å². The van der Waals surface area contributed by atoms with Gasteiger partial charge in [-0.25, -0.2) is 4.98 Å². The number of rotatable bonds is 6. The molecule has 2 bridgehead atoms. The maximum absolute atomic E-state index is 11.5. The van der Waals surface area contributed by atoms with Gasteiger partial charge >= 0.3 is 0 Å². The number of aromatic nitrogens is 3. The van der Waals surface area contributed by atoms with Crippen LogP contribution in [0.5, 0.6) is 11.6 Å². The molecule has 3 atom stereocenters. The highest BCUT2D eigenvalue weighted by Crippen LogP contribution is 2.38. The van der Waals surface area contributed by atoms with Gasteiger partial charge in [-0.3, -0.25) is 14.8 Å². The molecule has 2 saturated heterocycles. The predicted molar refractivity (Wildman–Crippen MR) is 127 cm³/mol. The summed E-state index contributed by atoms with van der Waals surface area (Å²) in [5, 5.41) is 11.1. The Morgan fingerprint density at radius 3 is 2.74 bits per heavy atom. The average molecular weight is 458 g/mol. The lowest BCUT2D eigenvalue weighted by Gasteiger charge is -2.38. The van der Waals surface area contributed by atoms with Crippen LogP contribution in [0.1, 0.15) is 38.4 Å². The summed E-state index contributed by atoms with van der Waals surface area (Å²) in [5.74, 6) is 2.24. The number of piperidine rings is 1. The molecule has 8 nitrogen and oxygen atoms in total. The minimum absolute atomic E-state index is 0.0668. The zero-order valence-electron chi connectivity index (χ0n) is 19.0. The highest BCUT2D eigenvalue weighted by atomic mass is 16.5. The summed E-state index contributed by atoms with van der Waals surface area (Å²) in [7, 11) is 0. The molecule has 2 N–H and O–H groups in total. The normalized spacial score (nSPS) is 22.2. The molecule has 0 saturated carbocycles. The fourth-order valence-electron chi connectivity index (χ4n) is 5.46. The van der Waals surface area contributed by atoms with Gasteiger partial charge in [0, 0.05) is 60.5 Å². The summed E-state index contributed by atoms with van der Waals surface area (Å²) >= 11 is 0. The molecule has 3 aromatic heterocycles. The number of carbonyl (C=O) groups excluding carboxylic acids is 1. The summed E-state index contributed by atoms with van der Waals surface area (Å²) in [5.41, 5.74) is 2.67. The largest absolute Gasteiger partial charge is 0.460 e. The zero-order valence-corrected chi connectivity index (χ0v) is 19.0. The molecule has 34 heavy (non-hydrogen) atoms. The molecule has 1 unspecified atom stereocenters. The smallest absolute Gasteiger partial charge is 0.219 e. The van der Waals surface area contributed by atoms with Crippen molar-refractivity contribution in [2.45, 2.75) is 57.3 Å². The quantitative estimate of drug-likeness (QED) is 0.438. The summed E-state index contributed by atoms with van der Waals surface area (Å²) in [6, 6.07) is 15.0. The van der Waals surface area contributed by atoms with Gasteiger partial charge in [0.1, 0.15) is 17.1 Å². The van der Waals surface area contributed by atoms with Gasteiger partial charge in [-0.1, -0.05) is 0 Å². The van der Waals surface area contributed by atoms with E-state index in [4.69, 9.17) is 9.15 Å². The topological polar surface area (TPSA) is 96.3 Å². The summed E-state index contributed by atoms with van der Waals surface area (Å²) in [6.07, 6.45) is 7.87. The first kappa shape index (κ1) is 20.9. The Balaban J connectivity index is 1.14. The lowest BCUT2D eigenvalue weighted by atomic mass is 9.97. The second-order valence-corrected chi connectivity index (χ2v) is 9.30. The van der Waals surface area contributed by atoms with E-state index in [9.17, 15) is 4.79 Å². The van der Waals surface area contributed by atoms with Crippen molar-refractivity contribution in [3.05, 3.63) is 60.6 Å². The molecule has 0 radical (unpaired) electrons. The van der Waals surface area contributed by atoms with Gasteiger partial charge in [0.05, 0.1) is 12.2 Å². The fourth-order valence-corrected chi connectivity index (χ4v) is 5.46. The number of hydrogen-bond acceptors (Lipinski definition) is 6. The van der Waals surface area contributed by atoms with Crippen molar-refractivity contribution < 1.29 is 13.9 Å². The summed E-state index contributed by atoms with van der Waals surface area (Å²) in [6.45, 7) is 2.40. The number of benzene rings is 1. The first-order valence-electron chi connectivity index (χ1n) is 11.8. The third-order valence-corrected chi connectivity index (χ3v) is 6.94. The molecule has 1 amide bonds. The summed E-state index contributed by atoms with van der Waals surface area (Å²) in [4.78, 5) is 18.4. The molecule has 6 rings (SSSR count). The van der Waals surface area contributed by atoms with Crippen molar-refractivity contribution in [2.75, 3.05) is 0 Å². The highest BCUT2D eigenvalue weighted by molar-refractivity contribution is 5.79. The number of amides is 1. The number of furan rings is 1. The van der Waals surface area contributed by atoms with Crippen molar-refractivity contribution in [3.63, 3.8) is 0 Å². The molecule has 8 heteroatoms. The predicted octanol–water partition coefficient (Wildman–Crippen LogP) is 4.64. The Bertz CT molecular complexity index is 1280. The van der Waals surface area contributed by atoms with Crippen LogP contribution in [0.15, 0.2) is 59.3 Å².